The third-order valence-corrected chi connectivity index (χ3v) is 5.33. The summed E-state index contributed by atoms with van der Waals surface area (Å²) in [6.45, 7) is -0.623. The summed E-state index contributed by atoms with van der Waals surface area (Å²) in [5.41, 5.74) is 0. The predicted octanol–water partition coefficient (Wildman–Crippen LogP) is -2.34. The normalized spacial score (nSPS) is 52.6. The molecular weight excluding hydrogens is 394 g/mol. The molecule has 0 radical (unpaired) electrons. The molecule has 0 aliphatic carbocycles. The smallest absolute Gasteiger partial charge is 0.216 e. The van der Waals surface area contributed by atoms with E-state index in [2.05, 4.69) is 0 Å². The molecule has 0 saturated carbocycles. The van der Waals surface area contributed by atoms with Crippen molar-refractivity contribution in [3.63, 3.8) is 0 Å². The van der Waals surface area contributed by atoms with Crippen molar-refractivity contribution >= 4 is 34.8 Å². The van der Waals surface area contributed by atoms with E-state index in [-0.39, 0.29) is 0 Å². The highest BCUT2D eigenvalue weighted by molar-refractivity contribution is 6.21. The van der Waals surface area contributed by atoms with Gasteiger partial charge in [0.15, 0.2) is 6.29 Å². The van der Waals surface area contributed by atoms with E-state index in [1.54, 1.807) is 0 Å². The van der Waals surface area contributed by atoms with Crippen LogP contribution in [0.1, 0.15) is 0 Å². The molecule has 6 N–H and O–H groups in total. The quantitative estimate of drug-likeness (QED) is 0.273. The largest absolute Gasteiger partial charge is 0.394 e. The molecule has 2 fully saturated rings. The number of ether oxygens (including phenoxy) is 3. The monoisotopic (exact) mass is 412 g/mol. The van der Waals surface area contributed by atoms with Crippen molar-refractivity contribution in [2.45, 2.75) is 53.8 Å². The number of hydrogen-bond acceptors (Lipinski definition) is 9. The molecule has 0 bridgehead atoms. The summed E-state index contributed by atoms with van der Waals surface area (Å²) in [4.78, 5) is 0. The van der Waals surface area contributed by atoms with Gasteiger partial charge in [-0.3, -0.25) is 0 Å². The summed E-state index contributed by atoms with van der Waals surface area (Å²) in [7, 11) is 0. The molecule has 0 aromatic heterocycles. The molecule has 12 heteroatoms. The highest BCUT2D eigenvalue weighted by Crippen LogP contribution is 2.41. The molecule has 9 nitrogen and oxygen atoms in total. The number of aliphatic hydroxyl groups excluding tert-OH is 5. The van der Waals surface area contributed by atoms with E-state index in [1.807, 2.05) is 0 Å². The van der Waals surface area contributed by atoms with E-state index < -0.39 is 72.1 Å². The first kappa shape index (κ1) is 20.8. The molecule has 142 valence electrons. The van der Waals surface area contributed by atoms with Crippen molar-refractivity contribution < 1.29 is 44.8 Å². The second kappa shape index (κ2) is 7.63. The van der Waals surface area contributed by atoms with E-state index >= 15 is 0 Å². The van der Waals surface area contributed by atoms with E-state index in [0.717, 1.165) is 0 Å². The fourth-order valence-electron chi connectivity index (χ4n) is 2.58. The van der Waals surface area contributed by atoms with Crippen molar-refractivity contribution in [1.29, 1.82) is 0 Å². The lowest BCUT2D eigenvalue weighted by Gasteiger charge is -2.43. The first-order valence-electron chi connectivity index (χ1n) is 7.00. The Morgan fingerprint density at radius 1 is 1.00 bits per heavy atom. The van der Waals surface area contributed by atoms with Crippen LogP contribution >= 0.6 is 34.8 Å². The van der Waals surface area contributed by atoms with Gasteiger partial charge in [0.1, 0.15) is 30.5 Å². The molecule has 2 aliphatic heterocycles. The van der Waals surface area contributed by atoms with Crippen LogP contribution in [0.2, 0.25) is 0 Å². The van der Waals surface area contributed by atoms with E-state index in [1.165, 1.54) is 0 Å². The van der Waals surface area contributed by atoms with Crippen LogP contribution in [0.5, 0.6) is 0 Å². The van der Waals surface area contributed by atoms with Crippen LogP contribution in [0.3, 0.4) is 0 Å². The van der Waals surface area contributed by atoms with Crippen molar-refractivity contribution in [3.8, 4) is 0 Å². The van der Waals surface area contributed by atoms with Gasteiger partial charge in [-0.25, -0.2) is 0 Å². The minimum Gasteiger partial charge on any atom is -0.394 e. The zero-order chi connectivity index (χ0) is 18.3. The van der Waals surface area contributed by atoms with Gasteiger partial charge in [-0.1, -0.05) is 0 Å². The lowest BCUT2D eigenvalue weighted by Crippen LogP contribution is -2.61. The van der Waals surface area contributed by atoms with Gasteiger partial charge in [0, 0.05) is 0 Å². The Bertz CT molecular complexity index is 444. The molecule has 2 saturated heterocycles. The summed E-state index contributed by atoms with van der Waals surface area (Å²) >= 11 is 17.2. The van der Waals surface area contributed by atoms with Crippen LogP contribution in [0, 0.1) is 0 Å². The number of alkyl halides is 3. The van der Waals surface area contributed by atoms with Crippen molar-refractivity contribution in [2.75, 3.05) is 18.4 Å². The fourth-order valence-corrected chi connectivity index (χ4v) is 3.35. The second-order valence-corrected chi connectivity index (χ2v) is 6.72. The highest BCUT2D eigenvalue weighted by atomic mass is 35.5. The average molecular weight is 414 g/mol. The maximum atomic E-state index is 10.2. The zero-order valence-corrected chi connectivity index (χ0v) is 14.5. The lowest BCUT2D eigenvalue weighted by atomic mass is 10.0. The number of rotatable bonds is 5. The van der Waals surface area contributed by atoms with Gasteiger partial charge < -0.3 is 44.8 Å². The maximum absolute atomic E-state index is 10.2. The fraction of sp³-hybridized carbons (Fsp3) is 1.00. The Morgan fingerprint density at radius 2 is 1.62 bits per heavy atom. The van der Waals surface area contributed by atoms with Crippen molar-refractivity contribution in [3.05, 3.63) is 0 Å². The molecular formula is C12H19Cl3O9. The number of hydrogen-bond donors (Lipinski definition) is 6. The van der Waals surface area contributed by atoms with Gasteiger partial charge >= 0.3 is 0 Å². The minimum absolute atomic E-state index is 0.573. The maximum Gasteiger partial charge on any atom is 0.216 e. The van der Waals surface area contributed by atoms with Crippen LogP contribution in [0.25, 0.3) is 0 Å². The predicted molar refractivity (Wildman–Crippen MR) is 80.7 cm³/mol. The van der Waals surface area contributed by atoms with Crippen LogP contribution in [0.15, 0.2) is 0 Å². The molecule has 2 rings (SSSR count). The van der Waals surface area contributed by atoms with Crippen molar-refractivity contribution in [1.82, 2.24) is 0 Å². The zero-order valence-electron chi connectivity index (χ0n) is 12.2. The summed E-state index contributed by atoms with van der Waals surface area (Å²) < 4.78 is 15.7. The molecule has 0 amide bonds. The van der Waals surface area contributed by atoms with Crippen LogP contribution in [-0.2, 0) is 14.2 Å². The first-order chi connectivity index (χ1) is 11.2. The van der Waals surface area contributed by atoms with E-state index in [9.17, 15) is 30.6 Å². The number of aliphatic hydroxyl groups is 6. The third kappa shape index (κ3) is 3.38. The van der Waals surface area contributed by atoms with E-state index in [4.69, 9.17) is 49.0 Å². The van der Waals surface area contributed by atoms with Gasteiger partial charge in [-0.05, 0) is 0 Å². The van der Waals surface area contributed by atoms with Crippen LogP contribution < -0.4 is 0 Å². The molecule has 24 heavy (non-hydrogen) atoms. The van der Waals surface area contributed by atoms with Crippen LogP contribution in [0.4, 0.5) is 0 Å². The van der Waals surface area contributed by atoms with Gasteiger partial charge in [0.2, 0.25) is 11.6 Å². The topological polar surface area (TPSA) is 149 Å². The summed E-state index contributed by atoms with van der Waals surface area (Å²) in [6, 6.07) is 0. The molecule has 2 aliphatic rings. The summed E-state index contributed by atoms with van der Waals surface area (Å²) in [5.74, 6) is -5.69. The molecule has 0 unspecified atom stereocenters. The third-order valence-electron chi connectivity index (χ3n) is 4.06. The summed E-state index contributed by atoms with van der Waals surface area (Å²) in [6.07, 6.45) is -9.39. The van der Waals surface area contributed by atoms with Gasteiger partial charge in [0.25, 0.3) is 0 Å². The molecule has 0 aromatic rings. The Morgan fingerprint density at radius 3 is 2.08 bits per heavy atom. The first-order valence-corrected chi connectivity index (χ1v) is 8.51. The highest BCUT2D eigenvalue weighted by Gasteiger charge is 2.64. The van der Waals surface area contributed by atoms with E-state index in [0.29, 0.717) is 0 Å². The Hall–Kier alpha value is 0.510. The Balaban J connectivity index is 2.23. The molecule has 0 spiro atoms. The SMILES string of the molecule is OC[C@H]1O[C@H](O[C@]2(CCl)O[C@](O)(CCl)[C@@H](O)[C@@H]2O)[C@H](O)[C@@H](Cl)[C@H]1O. The minimum atomic E-state index is -2.34. The molecule has 2 heterocycles. The Kier molecular flexibility index (Phi) is 6.62. The summed E-state index contributed by atoms with van der Waals surface area (Å²) in [5, 5.41) is 58.0. The Labute approximate surface area is 152 Å². The van der Waals surface area contributed by atoms with Crippen LogP contribution in [-0.4, -0.2) is 103 Å². The molecule has 0 aromatic carbocycles. The average Bonchev–Trinajstić information content (AvgIpc) is 2.77. The van der Waals surface area contributed by atoms with Gasteiger partial charge in [0.05, 0.1) is 23.7 Å². The van der Waals surface area contributed by atoms with Gasteiger partial charge in [-0.15, -0.1) is 34.8 Å². The number of halogens is 3. The standard InChI is InChI=1S/C12H19Cl3O9/c13-2-11(21)8(19)9(20)12(3-14,24-11)23-10-7(18)5(15)6(17)4(1-16)22-10/h4-10,16-21H,1-3H2/t4-,5+,6+,7-,8+,9+,10-,11-,12-/m1/s1. The molecule has 9 atom stereocenters. The van der Waals surface area contributed by atoms with Gasteiger partial charge in [-0.2, -0.15) is 0 Å². The van der Waals surface area contributed by atoms with Crippen molar-refractivity contribution in [2.24, 2.45) is 0 Å². The lowest BCUT2D eigenvalue weighted by molar-refractivity contribution is -0.377. The second-order valence-electron chi connectivity index (χ2n) is 5.68.